The summed E-state index contributed by atoms with van der Waals surface area (Å²) in [5.74, 6) is 3.02. The second-order valence-corrected chi connectivity index (χ2v) is 2.08. The van der Waals surface area contributed by atoms with E-state index in [9.17, 15) is 0 Å². The lowest BCUT2D eigenvalue weighted by Crippen LogP contribution is -2.07. The largest absolute Gasteiger partial charge is 0.395 e. The molecule has 0 bridgehead atoms. The Morgan fingerprint density at radius 3 is 3.08 bits per heavy atom. The molecule has 0 saturated carbocycles. The third kappa shape index (κ3) is 2.22. The van der Waals surface area contributed by atoms with Crippen molar-refractivity contribution in [1.29, 1.82) is 0 Å². The van der Waals surface area contributed by atoms with Gasteiger partial charge >= 0.3 is 0 Å². The normalized spacial score (nSPS) is 9.00. The van der Waals surface area contributed by atoms with Gasteiger partial charge in [0.1, 0.15) is 17.8 Å². The number of nitrogens with one attached hydrogen (secondary N) is 1. The molecule has 1 rings (SSSR count). The van der Waals surface area contributed by atoms with Crippen molar-refractivity contribution in [1.82, 2.24) is 9.97 Å². The Labute approximate surface area is 70.7 Å². The van der Waals surface area contributed by atoms with Crippen molar-refractivity contribution >= 4 is 5.82 Å². The van der Waals surface area contributed by atoms with E-state index in [-0.39, 0.29) is 6.61 Å². The van der Waals surface area contributed by atoms with E-state index in [2.05, 4.69) is 21.2 Å². The minimum atomic E-state index is 0.0649. The van der Waals surface area contributed by atoms with E-state index in [4.69, 9.17) is 11.5 Å². The molecule has 12 heavy (non-hydrogen) atoms. The molecule has 0 aliphatic rings. The summed E-state index contributed by atoms with van der Waals surface area (Å²) in [6.07, 6.45) is 6.51. The highest BCUT2D eigenvalue weighted by molar-refractivity contribution is 5.39. The first-order valence-corrected chi connectivity index (χ1v) is 3.50. The summed E-state index contributed by atoms with van der Waals surface area (Å²) in [6.45, 7) is 0.524. The second kappa shape index (κ2) is 4.31. The van der Waals surface area contributed by atoms with Crippen molar-refractivity contribution in [2.75, 3.05) is 18.5 Å². The van der Waals surface area contributed by atoms with Crippen molar-refractivity contribution in [3.8, 4) is 12.3 Å². The average molecular weight is 163 g/mol. The third-order valence-electron chi connectivity index (χ3n) is 1.23. The average Bonchev–Trinajstić information content (AvgIpc) is 2.15. The van der Waals surface area contributed by atoms with Gasteiger partial charge in [-0.05, 0) is 0 Å². The Morgan fingerprint density at radius 2 is 2.42 bits per heavy atom. The van der Waals surface area contributed by atoms with Gasteiger partial charge in [0.2, 0.25) is 0 Å². The maximum absolute atomic E-state index is 8.51. The Kier molecular flexibility index (Phi) is 3.05. The summed E-state index contributed by atoms with van der Waals surface area (Å²) in [7, 11) is 0. The predicted octanol–water partition coefficient (Wildman–Crippen LogP) is -0.138. The van der Waals surface area contributed by atoms with Crippen LogP contribution in [0.3, 0.4) is 0 Å². The number of aliphatic hydroxyl groups is 1. The number of hydrogen-bond donors (Lipinski definition) is 2. The van der Waals surface area contributed by atoms with Gasteiger partial charge in [0.15, 0.2) is 0 Å². The minimum Gasteiger partial charge on any atom is -0.395 e. The number of rotatable bonds is 3. The van der Waals surface area contributed by atoms with Crippen LogP contribution in [-0.2, 0) is 0 Å². The van der Waals surface area contributed by atoms with Crippen molar-refractivity contribution in [3.05, 3.63) is 18.1 Å². The highest BCUT2D eigenvalue weighted by atomic mass is 16.3. The van der Waals surface area contributed by atoms with Crippen LogP contribution in [-0.4, -0.2) is 28.2 Å². The number of hydrogen-bond acceptors (Lipinski definition) is 4. The Bertz CT molecular complexity index is 293. The number of terminal acetylenes is 1. The van der Waals surface area contributed by atoms with Crippen LogP contribution in [0.25, 0.3) is 0 Å². The lowest BCUT2D eigenvalue weighted by Gasteiger charge is -2.01. The van der Waals surface area contributed by atoms with Crippen molar-refractivity contribution in [2.45, 2.75) is 0 Å². The fourth-order valence-electron chi connectivity index (χ4n) is 0.717. The molecule has 0 saturated heterocycles. The zero-order valence-electron chi connectivity index (χ0n) is 6.49. The Morgan fingerprint density at radius 1 is 1.58 bits per heavy atom. The molecule has 2 N–H and O–H groups in total. The maximum Gasteiger partial charge on any atom is 0.130 e. The Balaban J connectivity index is 2.68. The van der Waals surface area contributed by atoms with Crippen LogP contribution in [0.1, 0.15) is 5.69 Å². The predicted molar refractivity (Wildman–Crippen MR) is 45.5 cm³/mol. The molecular formula is C8H9N3O. The highest BCUT2D eigenvalue weighted by Crippen LogP contribution is 2.01. The first-order chi connectivity index (χ1) is 5.86. The summed E-state index contributed by atoms with van der Waals surface area (Å²) in [5, 5.41) is 11.4. The van der Waals surface area contributed by atoms with E-state index in [1.54, 1.807) is 6.07 Å². The molecule has 1 aromatic heterocycles. The molecule has 1 aromatic rings. The van der Waals surface area contributed by atoms with Crippen LogP contribution in [0.4, 0.5) is 5.82 Å². The van der Waals surface area contributed by atoms with E-state index < -0.39 is 0 Å². The molecule has 0 fully saturated rings. The van der Waals surface area contributed by atoms with Gasteiger partial charge in [-0.1, -0.05) is 5.92 Å². The second-order valence-electron chi connectivity index (χ2n) is 2.08. The van der Waals surface area contributed by atoms with Crippen molar-refractivity contribution in [2.24, 2.45) is 0 Å². The molecule has 0 aromatic carbocycles. The summed E-state index contributed by atoms with van der Waals surface area (Å²) >= 11 is 0. The molecule has 0 amide bonds. The molecular weight excluding hydrogens is 154 g/mol. The van der Waals surface area contributed by atoms with Gasteiger partial charge in [-0.2, -0.15) is 0 Å². The van der Waals surface area contributed by atoms with E-state index in [0.717, 1.165) is 0 Å². The zero-order chi connectivity index (χ0) is 8.81. The van der Waals surface area contributed by atoms with E-state index >= 15 is 0 Å². The molecule has 0 aliphatic carbocycles. The van der Waals surface area contributed by atoms with Gasteiger partial charge in [0.05, 0.1) is 6.61 Å². The Hall–Kier alpha value is -1.60. The van der Waals surface area contributed by atoms with Crippen molar-refractivity contribution < 1.29 is 5.11 Å². The van der Waals surface area contributed by atoms with Crippen LogP contribution in [0.5, 0.6) is 0 Å². The van der Waals surface area contributed by atoms with E-state index in [1.807, 2.05) is 0 Å². The molecule has 62 valence electrons. The molecule has 4 nitrogen and oxygen atoms in total. The first-order valence-electron chi connectivity index (χ1n) is 3.50. The van der Waals surface area contributed by atoms with Gasteiger partial charge in [0.25, 0.3) is 0 Å². The first kappa shape index (κ1) is 8.50. The van der Waals surface area contributed by atoms with Crippen LogP contribution in [0.2, 0.25) is 0 Å². The smallest absolute Gasteiger partial charge is 0.130 e. The van der Waals surface area contributed by atoms with Crippen LogP contribution in [0.15, 0.2) is 12.4 Å². The molecule has 0 unspecified atom stereocenters. The highest BCUT2D eigenvalue weighted by Gasteiger charge is 1.93. The standard InChI is InChI=1S/C8H9N3O/c1-2-7-5-8(9-3-4-12)11-6-10-7/h1,5-6,12H,3-4H2,(H,9,10,11). The summed E-state index contributed by atoms with van der Waals surface area (Å²) in [5.41, 5.74) is 0.533. The number of aromatic nitrogens is 2. The molecule has 1 heterocycles. The summed E-state index contributed by atoms with van der Waals surface area (Å²) in [4.78, 5) is 7.71. The lowest BCUT2D eigenvalue weighted by molar-refractivity contribution is 0.311. The minimum absolute atomic E-state index is 0.0649. The maximum atomic E-state index is 8.51. The monoisotopic (exact) mass is 163 g/mol. The van der Waals surface area contributed by atoms with Gasteiger partial charge in [-0.15, -0.1) is 6.42 Å². The number of anilines is 1. The van der Waals surface area contributed by atoms with Gasteiger partial charge in [0, 0.05) is 12.6 Å². The summed E-state index contributed by atoms with van der Waals surface area (Å²) < 4.78 is 0. The van der Waals surface area contributed by atoms with Gasteiger partial charge in [-0.3, -0.25) is 0 Å². The lowest BCUT2D eigenvalue weighted by atomic mass is 10.4. The molecule has 0 aliphatic heterocycles. The zero-order valence-corrected chi connectivity index (χ0v) is 6.49. The quantitative estimate of drug-likeness (QED) is 0.609. The molecule has 0 atom stereocenters. The molecule has 0 spiro atoms. The fraction of sp³-hybridized carbons (Fsp3) is 0.250. The number of aliphatic hydroxyl groups excluding tert-OH is 1. The van der Waals surface area contributed by atoms with E-state index in [0.29, 0.717) is 18.1 Å². The van der Waals surface area contributed by atoms with E-state index in [1.165, 1.54) is 6.33 Å². The fourth-order valence-corrected chi connectivity index (χ4v) is 0.717. The van der Waals surface area contributed by atoms with Gasteiger partial charge in [-0.25, -0.2) is 9.97 Å². The SMILES string of the molecule is C#Cc1cc(NCCO)ncn1. The molecule has 4 heteroatoms. The summed E-state index contributed by atoms with van der Waals surface area (Å²) in [6, 6.07) is 1.65. The van der Waals surface area contributed by atoms with Crippen LogP contribution >= 0.6 is 0 Å². The molecule has 0 radical (unpaired) electrons. The van der Waals surface area contributed by atoms with Crippen LogP contribution < -0.4 is 5.32 Å². The third-order valence-corrected chi connectivity index (χ3v) is 1.23. The van der Waals surface area contributed by atoms with Crippen molar-refractivity contribution in [3.63, 3.8) is 0 Å². The van der Waals surface area contributed by atoms with Gasteiger partial charge < -0.3 is 10.4 Å². The van der Waals surface area contributed by atoms with Crippen LogP contribution in [0, 0.1) is 12.3 Å². The topological polar surface area (TPSA) is 58.0 Å². The number of nitrogens with zero attached hydrogens (tertiary/aromatic N) is 2.